The predicted molar refractivity (Wildman–Crippen MR) is 85.5 cm³/mol. The summed E-state index contributed by atoms with van der Waals surface area (Å²) in [5.41, 5.74) is 3.17. The zero-order valence-corrected chi connectivity index (χ0v) is 12.3. The fraction of sp³-hybridized carbons (Fsp3) is 0.0625. The highest BCUT2D eigenvalue weighted by Gasteiger charge is 2.14. The normalized spacial score (nSPS) is 10.3. The van der Waals surface area contributed by atoms with Crippen LogP contribution in [0.25, 0.3) is 0 Å². The van der Waals surface area contributed by atoms with Crippen LogP contribution in [0.3, 0.4) is 0 Å². The topological polar surface area (TPSA) is 100 Å². The molecule has 0 aliphatic rings. The van der Waals surface area contributed by atoms with Crippen LogP contribution in [0.5, 0.6) is 11.5 Å². The van der Waals surface area contributed by atoms with Crippen LogP contribution in [-0.4, -0.2) is 30.2 Å². The van der Waals surface area contributed by atoms with Gasteiger partial charge in [-0.3, -0.25) is 9.59 Å². The maximum Gasteiger partial charge on any atom is 0.329 e. The van der Waals surface area contributed by atoms with E-state index in [0.717, 1.165) is 0 Å². The quantitative estimate of drug-likeness (QED) is 0.452. The number of phenols is 1. The molecule has 0 spiro atoms. The van der Waals surface area contributed by atoms with E-state index in [1.807, 2.05) is 0 Å². The minimum Gasteiger partial charge on any atom is -0.508 e. The van der Waals surface area contributed by atoms with E-state index in [0.29, 0.717) is 17.0 Å². The third-order valence-corrected chi connectivity index (χ3v) is 2.83. The summed E-state index contributed by atoms with van der Waals surface area (Å²) < 4.78 is 5.08. The fourth-order valence-electron chi connectivity index (χ4n) is 1.70. The van der Waals surface area contributed by atoms with E-state index < -0.39 is 11.8 Å². The van der Waals surface area contributed by atoms with Crippen molar-refractivity contribution in [1.82, 2.24) is 5.43 Å². The summed E-state index contributed by atoms with van der Waals surface area (Å²) in [5, 5.41) is 15.3. The van der Waals surface area contributed by atoms with Crippen molar-refractivity contribution in [3.8, 4) is 11.5 Å². The standard InChI is InChI=1S/C16H15N3O4/c1-23-14-5-3-2-4-13(14)18-15(21)16(22)19-17-10-11-6-8-12(20)9-7-11/h2-10,20H,1H3,(H,18,21)(H,19,22). The molecule has 0 heterocycles. The van der Waals surface area contributed by atoms with Crippen molar-refractivity contribution in [2.24, 2.45) is 5.10 Å². The average Bonchev–Trinajstić information content (AvgIpc) is 2.57. The van der Waals surface area contributed by atoms with Crippen LogP contribution >= 0.6 is 0 Å². The number of hydrogen-bond donors (Lipinski definition) is 3. The number of benzene rings is 2. The molecule has 0 saturated heterocycles. The van der Waals surface area contributed by atoms with Gasteiger partial charge in [0.1, 0.15) is 11.5 Å². The Morgan fingerprint density at radius 1 is 1.09 bits per heavy atom. The number of carbonyl (C=O) groups is 2. The maximum atomic E-state index is 11.8. The number of para-hydroxylation sites is 2. The molecular weight excluding hydrogens is 298 g/mol. The summed E-state index contributed by atoms with van der Waals surface area (Å²) in [7, 11) is 1.47. The lowest BCUT2D eigenvalue weighted by atomic mass is 10.2. The summed E-state index contributed by atoms with van der Waals surface area (Å²) in [6, 6.07) is 12.9. The number of hydrazone groups is 1. The first-order valence-corrected chi connectivity index (χ1v) is 6.66. The maximum absolute atomic E-state index is 11.8. The second-order valence-corrected chi connectivity index (χ2v) is 4.45. The average molecular weight is 313 g/mol. The van der Waals surface area contributed by atoms with E-state index >= 15 is 0 Å². The molecule has 2 aromatic rings. The molecule has 7 heteroatoms. The molecule has 0 aliphatic heterocycles. The monoisotopic (exact) mass is 313 g/mol. The molecule has 118 valence electrons. The summed E-state index contributed by atoms with van der Waals surface area (Å²) >= 11 is 0. The molecule has 0 atom stereocenters. The Labute approximate surface area is 132 Å². The van der Waals surface area contributed by atoms with E-state index in [9.17, 15) is 9.59 Å². The lowest BCUT2D eigenvalue weighted by Gasteiger charge is -2.08. The molecule has 0 unspecified atom stereocenters. The van der Waals surface area contributed by atoms with Crippen molar-refractivity contribution in [1.29, 1.82) is 0 Å². The number of anilines is 1. The van der Waals surface area contributed by atoms with Crippen LogP contribution in [0.1, 0.15) is 5.56 Å². The Balaban J connectivity index is 1.92. The first-order valence-electron chi connectivity index (χ1n) is 6.66. The second kappa shape index (κ2) is 7.60. The van der Waals surface area contributed by atoms with Crippen molar-refractivity contribution < 1.29 is 19.4 Å². The molecule has 0 bridgehead atoms. The first kappa shape index (κ1) is 16.0. The van der Waals surface area contributed by atoms with E-state index in [-0.39, 0.29) is 5.75 Å². The van der Waals surface area contributed by atoms with Crippen molar-refractivity contribution in [2.75, 3.05) is 12.4 Å². The van der Waals surface area contributed by atoms with Gasteiger partial charge >= 0.3 is 11.8 Å². The number of amides is 2. The van der Waals surface area contributed by atoms with Gasteiger partial charge < -0.3 is 15.2 Å². The highest BCUT2D eigenvalue weighted by Crippen LogP contribution is 2.22. The summed E-state index contributed by atoms with van der Waals surface area (Å²) in [6.07, 6.45) is 1.35. The predicted octanol–water partition coefficient (Wildman–Crippen LogP) is 1.49. The summed E-state index contributed by atoms with van der Waals surface area (Å²) in [4.78, 5) is 23.5. The minimum atomic E-state index is -0.911. The molecule has 0 radical (unpaired) electrons. The number of aromatic hydroxyl groups is 1. The summed E-state index contributed by atoms with van der Waals surface area (Å²) in [6.45, 7) is 0. The smallest absolute Gasteiger partial charge is 0.329 e. The Kier molecular flexibility index (Phi) is 5.30. The second-order valence-electron chi connectivity index (χ2n) is 4.45. The SMILES string of the molecule is COc1ccccc1NC(=O)C(=O)NN=Cc1ccc(O)cc1. The van der Waals surface area contributed by atoms with Crippen LogP contribution in [0.2, 0.25) is 0 Å². The Morgan fingerprint density at radius 2 is 1.78 bits per heavy atom. The minimum absolute atomic E-state index is 0.127. The van der Waals surface area contributed by atoms with Gasteiger partial charge in [-0.25, -0.2) is 5.43 Å². The highest BCUT2D eigenvalue weighted by atomic mass is 16.5. The number of nitrogens with one attached hydrogen (secondary N) is 2. The van der Waals surface area contributed by atoms with Crippen LogP contribution in [0, 0.1) is 0 Å². The third-order valence-electron chi connectivity index (χ3n) is 2.83. The van der Waals surface area contributed by atoms with E-state index in [1.165, 1.54) is 25.5 Å². The number of rotatable bonds is 4. The first-order chi connectivity index (χ1) is 11.1. The van der Waals surface area contributed by atoms with Crippen molar-refractivity contribution >= 4 is 23.7 Å². The Morgan fingerprint density at radius 3 is 2.48 bits per heavy atom. The molecule has 2 rings (SSSR count). The molecule has 3 N–H and O–H groups in total. The Hall–Kier alpha value is -3.35. The number of carbonyl (C=O) groups excluding carboxylic acids is 2. The zero-order chi connectivity index (χ0) is 16.7. The number of nitrogens with zero attached hydrogens (tertiary/aromatic N) is 1. The van der Waals surface area contributed by atoms with Gasteiger partial charge in [-0.2, -0.15) is 5.10 Å². The number of ether oxygens (including phenoxy) is 1. The molecule has 0 fully saturated rings. The number of phenolic OH excluding ortho intramolecular Hbond substituents is 1. The number of hydrogen-bond acceptors (Lipinski definition) is 5. The van der Waals surface area contributed by atoms with Crippen LogP contribution < -0.4 is 15.5 Å². The van der Waals surface area contributed by atoms with Crippen molar-refractivity contribution in [3.63, 3.8) is 0 Å². The van der Waals surface area contributed by atoms with Crippen LogP contribution in [0.4, 0.5) is 5.69 Å². The highest BCUT2D eigenvalue weighted by molar-refractivity contribution is 6.39. The fourth-order valence-corrected chi connectivity index (χ4v) is 1.70. The van der Waals surface area contributed by atoms with Gasteiger partial charge in [-0.15, -0.1) is 0 Å². The molecule has 0 aromatic heterocycles. The van der Waals surface area contributed by atoms with Crippen molar-refractivity contribution in [3.05, 3.63) is 54.1 Å². The lowest BCUT2D eigenvalue weighted by molar-refractivity contribution is -0.136. The van der Waals surface area contributed by atoms with Gasteiger partial charge in [0.05, 0.1) is 19.0 Å². The molecule has 23 heavy (non-hydrogen) atoms. The van der Waals surface area contributed by atoms with Crippen LogP contribution in [-0.2, 0) is 9.59 Å². The molecule has 2 aromatic carbocycles. The van der Waals surface area contributed by atoms with Crippen LogP contribution in [0.15, 0.2) is 53.6 Å². The molecule has 0 saturated carbocycles. The van der Waals surface area contributed by atoms with Gasteiger partial charge in [0, 0.05) is 0 Å². The van der Waals surface area contributed by atoms with Crippen molar-refractivity contribution in [2.45, 2.75) is 0 Å². The van der Waals surface area contributed by atoms with Gasteiger partial charge in [0.25, 0.3) is 0 Å². The van der Waals surface area contributed by atoms with Gasteiger partial charge in [0.2, 0.25) is 0 Å². The van der Waals surface area contributed by atoms with Gasteiger partial charge in [-0.1, -0.05) is 12.1 Å². The lowest BCUT2D eigenvalue weighted by Crippen LogP contribution is -2.32. The summed E-state index contributed by atoms with van der Waals surface area (Å²) in [5.74, 6) is -1.20. The molecule has 0 aliphatic carbocycles. The Bertz CT molecular complexity index is 726. The van der Waals surface area contributed by atoms with E-state index in [1.54, 1.807) is 36.4 Å². The third kappa shape index (κ3) is 4.57. The van der Waals surface area contributed by atoms with Gasteiger partial charge in [-0.05, 0) is 42.0 Å². The van der Waals surface area contributed by atoms with Gasteiger partial charge in [0.15, 0.2) is 0 Å². The van der Waals surface area contributed by atoms with E-state index in [2.05, 4.69) is 15.8 Å². The number of methoxy groups -OCH3 is 1. The zero-order valence-electron chi connectivity index (χ0n) is 12.3. The molecular formula is C16H15N3O4. The van der Waals surface area contributed by atoms with E-state index in [4.69, 9.17) is 9.84 Å². The molecule has 7 nitrogen and oxygen atoms in total. The largest absolute Gasteiger partial charge is 0.508 e. The molecule has 2 amide bonds.